The van der Waals surface area contributed by atoms with E-state index in [9.17, 15) is 19.7 Å². The monoisotopic (exact) mass is 367 g/mol. The molecule has 1 aliphatic rings. The van der Waals surface area contributed by atoms with Crippen LogP contribution < -0.4 is 0 Å². The zero-order valence-electron chi connectivity index (χ0n) is 14.8. The van der Waals surface area contributed by atoms with Crippen LogP contribution in [0.3, 0.4) is 0 Å². The number of hydrogen-bond acceptors (Lipinski definition) is 5. The zero-order valence-corrected chi connectivity index (χ0v) is 14.8. The average Bonchev–Trinajstić information content (AvgIpc) is 3.06. The third kappa shape index (κ3) is 4.39. The maximum Gasteiger partial charge on any atom is 0.306 e. The fourth-order valence-corrected chi connectivity index (χ4v) is 3.96. The van der Waals surface area contributed by atoms with Crippen LogP contribution in [-0.2, 0) is 20.9 Å². The van der Waals surface area contributed by atoms with Crippen LogP contribution in [0.5, 0.6) is 0 Å². The second kappa shape index (κ2) is 8.58. The second-order valence-corrected chi connectivity index (χ2v) is 6.86. The number of nitro groups is 1. The molecule has 0 aliphatic heterocycles. The van der Waals surface area contributed by atoms with Crippen molar-refractivity contribution in [1.29, 1.82) is 0 Å². The van der Waals surface area contributed by atoms with Gasteiger partial charge >= 0.3 is 5.97 Å². The Morgan fingerprint density at radius 1 is 1.11 bits per heavy atom. The molecule has 1 saturated carbocycles. The number of carbonyl (C=O) groups is 2. The Morgan fingerprint density at radius 3 is 2.33 bits per heavy atom. The van der Waals surface area contributed by atoms with E-state index in [0.717, 1.165) is 17.4 Å². The van der Waals surface area contributed by atoms with Crippen LogP contribution in [0.1, 0.15) is 29.9 Å². The number of ether oxygens (including phenoxy) is 1. The molecule has 6 heteroatoms. The van der Waals surface area contributed by atoms with E-state index in [-0.39, 0.29) is 18.0 Å². The van der Waals surface area contributed by atoms with Gasteiger partial charge in [0.15, 0.2) is 0 Å². The number of esters is 1. The molecule has 1 aliphatic carbocycles. The first-order chi connectivity index (χ1) is 13.1. The molecule has 6 nitrogen and oxygen atoms in total. The maximum absolute atomic E-state index is 12.2. The zero-order chi connectivity index (χ0) is 19.2. The van der Waals surface area contributed by atoms with Gasteiger partial charge in [-0.05, 0) is 17.5 Å². The van der Waals surface area contributed by atoms with Crippen molar-refractivity contribution in [2.45, 2.75) is 31.4 Å². The Hall–Kier alpha value is -3.02. The van der Waals surface area contributed by atoms with Crippen molar-refractivity contribution < 1.29 is 19.2 Å². The van der Waals surface area contributed by atoms with Gasteiger partial charge in [-0.25, -0.2) is 0 Å². The fraction of sp³-hybridized carbons (Fsp3) is 0.333. The Labute approximate surface area is 157 Å². The number of rotatable bonds is 7. The minimum absolute atomic E-state index is 0.0633. The van der Waals surface area contributed by atoms with Crippen LogP contribution >= 0.6 is 0 Å². The minimum atomic E-state index is -0.980. The molecule has 2 aromatic carbocycles. The molecule has 0 heterocycles. The first-order valence-corrected chi connectivity index (χ1v) is 8.93. The van der Waals surface area contributed by atoms with Crippen molar-refractivity contribution in [2.75, 3.05) is 0 Å². The van der Waals surface area contributed by atoms with E-state index in [1.807, 2.05) is 36.4 Å². The summed E-state index contributed by atoms with van der Waals surface area (Å²) in [5, 5.41) is 11.8. The van der Waals surface area contributed by atoms with Crippen LogP contribution in [0.25, 0.3) is 0 Å². The third-order valence-corrected chi connectivity index (χ3v) is 5.16. The van der Waals surface area contributed by atoms with E-state index in [1.165, 1.54) is 0 Å². The predicted octanol–water partition coefficient (Wildman–Crippen LogP) is 3.38. The summed E-state index contributed by atoms with van der Waals surface area (Å²) in [7, 11) is 0. The summed E-state index contributed by atoms with van der Waals surface area (Å²) < 4.78 is 5.28. The molecule has 0 bridgehead atoms. The molecular formula is C21H21NO5. The topological polar surface area (TPSA) is 86.5 Å². The molecule has 4 atom stereocenters. The van der Waals surface area contributed by atoms with E-state index in [2.05, 4.69) is 0 Å². The summed E-state index contributed by atoms with van der Waals surface area (Å²) in [6.07, 6.45) is 1.03. The van der Waals surface area contributed by atoms with E-state index in [0.29, 0.717) is 6.42 Å². The lowest BCUT2D eigenvalue weighted by Crippen LogP contribution is -2.32. The molecular weight excluding hydrogens is 346 g/mol. The van der Waals surface area contributed by atoms with E-state index < -0.39 is 29.8 Å². The fourth-order valence-electron chi connectivity index (χ4n) is 3.96. The second-order valence-electron chi connectivity index (χ2n) is 6.86. The Morgan fingerprint density at radius 2 is 1.74 bits per heavy atom. The summed E-state index contributed by atoms with van der Waals surface area (Å²) in [5.41, 5.74) is 1.62. The lowest BCUT2D eigenvalue weighted by molar-refractivity contribution is -0.532. The highest BCUT2D eigenvalue weighted by Gasteiger charge is 2.52. The van der Waals surface area contributed by atoms with Crippen LogP contribution in [0.2, 0.25) is 0 Å². The Kier molecular flexibility index (Phi) is 5.96. The SMILES string of the molecule is O=C[C@@H]1C[C@H](CC(=O)OCc2ccccc2)[C@H]([N+](=O)[O-])[C@H]1c1ccccc1. The lowest BCUT2D eigenvalue weighted by atomic mass is 9.86. The van der Waals surface area contributed by atoms with Gasteiger partial charge in [-0.3, -0.25) is 14.9 Å². The van der Waals surface area contributed by atoms with Gasteiger partial charge in [-0.15, -0.1) is 0 Å². The summed E-state index contributed by atoms with van der Waals surface area (Å²) in [6, 6.07) is 17.3. The van der Waals surface area contributed by atoms with Gasteiger partial charge in [0.25, 0.3) is 0 Å². The Bertz CT molecular complexity index is 793. The van der Waals surface area contributed by atoms with Crippen molar-refractivity contribution in [1.82, 2.24) is 0 Å². The van der Waals surface area contributed by atoms with Crippen LogP contribution in [0, 0.1) is 22.0 Å². The number of aldehydes is 1. The Balaban J connectivity index is 1.71. The number of hydrogen-bond donors (Lipinski definition) is 0. The lowest BCUT2D eigenvalue weighted by Gasteiger charge is -2.19. The molecule has 0 saturated heterocycles. The van der Waals surface area contributed by atoms with E-state index >= 15 is 0 Å². The molecule has 0 aromatic heterocycles. The van der Waals surface area contributed by atoms with Crippen LogP contribution in [0.4, 0.5) is 0 Å². The molecule has 0 unspecified atom stereocenters. The van der Waals surface area contributed by atoms with Crippen molar-refractivity contribution in [3.05, 3.63) is 81.9 Å². The molecule has 0 spiro atoms. The quantitative estimate of drug-likeness (QED) is 0.324. The first-order valence-electron chi connectivity index (χ1n) is 8.93. The molecule has 0 radical (unpaired) electrons. The van der Waals surface area contributed by atoms with Gasteiger partial charge in [-0.2, -0.15) is 0 Å². The molecule has 27 heavy (non-hydrogen) atoms. The van der Waals surface area contributed by atoms with Crippen molar-refractivity contribution in [3.63, 3.8) is 0 Å². The molecule has 2 aromatic rings. The minimum Gasteiger partial charge on any atom is -0.461 e. The smallest absolute Gasteiger partial charge is 0.306 e. The van der Waals surface area contributed by atoms with E-state index in [4.69, 9.17) is 4.74 Å². The summed E-state index contributed by atoms with van der Waals surface area (Å²) in [5.74, 6) is -2.00. The molecule has 0 N–H and O–H groups in total. The number of carbonyl (C=O) groups excluding carboxylic acids is 2. The highest BCUT2D eigenvalue weighted by Crippen LogP contribution is 2.45. The summed E-state index contributed by atoms with van der Waals surface area (Å²) in [6.45, 7) is 0.134. The first kappa shape index (κ1) is 18.8. The molecule has 0 amide bonds. The summed E-state index contributed by atoms with van der Waals surface area (Å²) >= 11 is 0. The third-order valence-electron chi connectivity index (χ3n) is 5.16. The average molecular weight is 367 g/mol. The normalized spacial score (nSPS) is 24.3. The van der Waals surface area contributed by atoms with Gasteiger partial charge in [0.2, 0.25) is 6.04 Å². The maximum atomic E-state index is 12.2. The van der Waals surface area contributed by atoms with Crippen LogP contribution in [0.15, 0.2) is 60.7 Å². The summed E-state index contributed by atoms with van der Waals surface area (Å²) in [4.78, 5) is 35.2. The van der Waals surface area contributed by atoms with Crippen molar-refractivity contribution >= 4 is 12.3 Å². The molecule has 140 valence electrons. The largest absolute Gasteiger partial charge is 0.461 e. The van der Waals surface area contributed by atoms with Gasteiger partial charge < -0.3 is 9.53 Å². The van der Waals surface area contributed by atoms with Crippen LogP contribution in [-0.4, -0.2) is 23.2 Å². The highest BCUT2D eigenvalue weighted by atomic mass is 16.6. The van der Waals surface area contributed by atoms with E-state index in [1.54, 1.807) is 24.3 Å². The molecule has 3 rings (SSSR count). The predicted molar refractivity (Wildman–Crippen MR) is 98.5 cm³/mol. The van der Waals surface area contributed by atoms with Crippen molar-refractivity contribution in [3.8, 4) is 0 Å². The molecule has 1 fully saturated rings. The van der Waals surface area contributed by atoms with Gasteiger partial charge in [0.05, 0.1) is 12.3 Å². The van der Waals surface area contributed by atoms with Gasteiger partial charge in [-0.1, -0.05) is 60.7 Å². The standard InChI is InChI=1S/C21H21NO5/c23-13-18-11-17(12-19(24)27-14-15-7-3-1-4-8-15)21(22(25)26)20(18)16-9-5-2-6-10-16/h1-10,13,17-18,20-21H,11-12,14H2/t17-,18+,20+,21+/m1/s1. The van der Waals surface area contributed by atoms with Crippen molar-refractivity contribution in [2.24, 2.45) is 11.8 Å². The van der Waals surface area contributed by atoms with Gasteiger partial charge in [0, 0.05) is 16.8 Å². The van der Waals surface area contributed by atoms with Gasteiger partial charge in [0.1, 0.15) is 12.9 Å². The number of benzene rings is 2. The number of nitrogens with zero attached hydrogens (tertiary/aromatic N) is 1. The highest BCUT2D eigenvalue weighted by molar-refractivity contribution is 5.70.